The van der Waals surface area contributed by atoms with Crippen molar-refractivity contribution in [2.45, 2.75) is 44.8 Å². The van der Waals surface area contributed by atoms with E-state index in [1.165, 1.54) is 12.8 Å². The molecule has 0 saturated carbocycles. The number of carbonyl (C=O) groups is 1. The number of benzene rings is 2. The smallest absolute Gasteiger partial charge is 0.258 e. The molecule has 0 N–H and O–H groups in total. The predicted octanol–water partition coefficient (Wildman–Crippen LogP) is 4.33. The first-order chi connectivity index (χ1) is 14.6. The molecule has 2 aliphatic heterocycles. The van der Waals surface area contributed by atoms with Gasteiger partial charge in [-0.05, 0) is 43.0 Å². The van der Waals surface area contributed by atoms with E-state index in [2.05, 4.69) is 17.1 Å². The fourth-order valence-electron chi connectivity index (χ4n) is 4.14. The number of anilines is 1. The second kappa shape index (κ2) is 9.22. The van der Waals surface area contributed by atoms with Gasteiger partial charge in [-0.3, -0.25) is 4.79 Å². The van der Waals surface area contributed by atoms with Gasteiger partial charge in [0.2, 0.25) is 0 Å². The quantitative estimate of drug-likeness (QED) is 0.649. The summed E-state index contributed by atoms with van der Waals surface area (Å²) in [5.41, 5.74) is 2.89. The highest BCUT2D eigenvalue weighted by molar-refractivity contribution is 6.09. The summed E-state index contributed by atoms with van der Waals surface area (Å²) in [4.78, 5) is 13.9. The molecule has 1 aromatic heterocycles. The van der Waals surface area contributed by atoms with Crippen LogP contribution in [-0.4, -0.2) is 33.4 Å². The summed E-state index contributed by atoms with van der Waals surface area (Å²) in [5, 5.41) is 8.00. The highest BCUT2D eigenvalue weighted by Crippen LogP contribution is 2.27. The number of hydrogen-bond acceptors (Lipinski definition) is 4. The van der Waals surface area contributed by atoms with Crippen LogP contribution in [0.3, 0.4) is 0 Å². The van der Waals surface area contributed by atoms with Crippen molar-refractivity contribution in [2.24, 2.45) is 7.05 Å². The van der Waals surface area contributed by atoms with Crippen LogP contribution in [0.1, 0.15) is 53.8 Å². The number of aryl methyl sites for hydroxylation is 1. The number of aromatic nitrogens is 3. The summed E-state index contributed by atoms with van der Waals surface area (Å²) in [7, 11) is 1.99. The third-order valence-corrected chi connectivity index (χ3v) is 5.72. The van der Waals surface area contributed by atoms with Crippen LogP contribution < -0.4 is 4.90 Å². The minimum absolute atomic E-state index is 0.0989. The SMILES string of the molecule is CC(CC1CCCO1)c1nncn1C.O=C1c2ccccc2CN1c1ccccc1. The van der Waals surface area contributed by atoms with Crippen LogP contribution in [0.4, 0.5) is 5.69 Å². The largest absolute Gasteiger partial charge is 0.378 e. The molecule has 2 aromatic carbocycles. The molecule has 0 spiro atoms. The molecule has 2 atom stereocenters. The first-order valence-electron chi connectivity index (χ1n) is 10.5. The second-order valence-electron chi connectivity index (χ2n) is 7.96. The number of para-hydroxylation sites is 1. The van der Waals surface area contributed by atoms with E-state index < -0.39 is 0 Å². The van der Waals surface area contributed by atoms with Gasteiger partial charge in [0.1, 0.15) is 12.2 Å². The van der Waals surface area contributed by atoms with Crippen molar-refractivity contribution in [3.8, 4) is 0 Å². The van der Waals surface area contributed by atoms with E-state index in [1.54, 1.807) is 6.33 Å². The molecule has 5 rings (SSSR count). The Hall–Kier alpha value is -2.99. The van der Waals surface area contributed by atoms with Crippen LogP contribution in [0, 0.1) is 0 Å². The number of hydrogen-bond donors (Lipinski definition) is 0. The van der Waals surface area contributed by atoms with Crippen molar-refractivity contribution in [3.63, 3.8) is 0 Å². The van der Waals surface area contributed by atoms with Crippen LogP contribution in [0.15, 0.2) is 60.9 Å². The number of nitrogens with zero attached hydrogens (tertiary/aromatic N) is 4. The highest BCUT2D eigenvalue weighted by Gasteiger charge is 2.27. The lowest BCUT2D eigenvalue weighted by Gasteiger charge is -2.15. The van der Waals surface area contributed by atoms with Gasteiger partial charge < -0.3 is 14.2 Å². The number of fused-ring (bicyclic) bond motifs is 1. The molecule has 3 heterocycles. The maximum absolute atomic E-state index is 12.1. The number of ether oxygens (including phenoxy) is 1. The Morgan fingerprint density at radius 1 is 1.13 bits per heavy atom. The lowest BCUT2D eigenvalue weighted by atomic mass is 10.0. The number of carbonyl (C=O) groups excluding carboxylic acids is 1. The fourth-order valence-corrected chi connectivity index (χ4v) is 4.14. The Balaban J connectivity index is 0.000000147. The minimum Gasteiger partial charge on any atom is -0.378 e. The Kier molecular flexibility index (Phi) is 6.23. The van der Waals surface area contributed by atoms with Crippen LogP contribution in [0.5, 0.6) is 0 Å². The zero-order valence-corrected chi connectivity index (χ0v) is 17.6. The van der Waals surface area contributed by atoms with Gasteiger partial charge in [-0.15, -0.1) is 10.2 Å². The molecule has 30 heavy (non-hydrogen) atoms. The topological polar surface area (TPSA) is 60.3 Å². The summed E-state index contributed by atoms with van der Waals surface area (Å²) >= 11 is 0. The Morgan fingerprint density at radius 3 is 2.57 bits per heavy atom. The summed E-state index contributed by atoms with van der Waals surface area (Å²) in [5.74, 6) is 1.59. The van der Waals surface area contributed by atoms with E-state index in [0.29, 0.717) is 18.6 Å². The third kappa shape index (κ3) is 4.44. The molecule has 0 aliphatic carbocycles. The van der Waals surface area contributed by atoms with Gasteiger partial charge in [0.25, 0.3) is 5.91 Å². The number of amides is 1. The Labute approximate surface area is 177 Å². The molecule has 2 unspecified atom stereocenters. The van der Waals surface area contributed by atoms with Crippen LogP contribution in [-0.2, 0) is 18.3 Å². The lowest BCUT2D eigenvalue weighted by molar-refractivity contribution is 0.0982. The molecule has 1 fully saturated rings. The molecule has 1 amide bonds. The van der Waals surface area contributed by atoms with Gasteiger partial charge in [-0.2, -0.15) is 0 Å². The zero-order chi connectivity index (χ0) is 20.9. The molecule has 1 saturated heterocycles. The monoisotopic (exact) mass is 404 g/mol. The molecule has 2 aliphatic rings. The fraction of sp³-hybridized carbons (Fsp3) is 0.375. The van der Waals surface area contributed by atoms with E-state index >= 15 is 0 Å². The molecule has 6 nitrogen and oxygen atoms in total. The highest BCUT2D eigenvalue weighted by atomic mass is 16.5. The van der Waals surface area contributed by atoms with Gasteiger partial charge in [0.15, 0.2) is 0 Å². The molecular weight excluding hydrogens is 376 g/mol. The summed E-state index contributed by atoms with van der Waals surface area (Å²) in [6.45, 7) is 3.79. The maximum Gasteiger partial charge on any atom is 0.258 e. The first-order valence-corrected chi connectivity index (χ1v) is 10.5. The van der Waals surface area contributed by atoms with Gasteiger partial charge >= 0.3 is 0 Å². The standard InChI is InChI=1S/C14H11NO.C10H17N3O/c16-14-13-9-5-4-6-11(13)10-15(14)12-7-2-1-3-8-12;1-8(6-9-4-3-5-14-9)10-12-11-7-13(10)2/h1-9H,10H2;7-9H,3-6H2,1-2H3. The summed E-state index contributed by atoms with van der Waals surface area (Å²) < 4.78 is 7.59. The molecule has 0 radical (unpaired) electrons. The molecule has 0 bridgehead atoms. The summed E-state index contributed by atoms with van der Waals surface area (Å²) in [6.07, 6.45) is 5.65. The normalized spacial score (nSPS) is 18.7. The summed E-state index contributed by atoms with van der Waals surface area (Å²) in [6, 6.07) is 17.6. The van der Waals surface area contributed by atoms with Crippen molar-refractivity contribution in [2.75, 3.05) is 11.5 Å². The Morgan fingerprint density at radius 2 is 1.90 bits per heavy atom. The third-order valence-electron chi connectivity index (χ3n) is 5.72. The Bertz CT molecular complexity index is 980. The minimum atomic E-state index is 0.0989. The van der Waals surface area contributed by atoms with Gasteiger partial charge in [0, 0.05) is 30.8 Å². The van der Waals surface area contributed by atoms with Crippen molar-refractivity contribution >= 4 is 11.6 Å². The van der Waals surface area contributed by atoms with E-state index in [0.717, 1.165) is 35.7 Å². The van der Waals surface area contributed by atoms with Gasteiger partial charge in [-0.1, -0.05) is 43.3 Å². The molecule has 3 aromatic rings. The second-order valence-corrected chi connectivity index (χ2v) is 7.96. The molecule has 6 heteroatoms. The predicted molar refractivity (Wildman–Crippen MR) is 116 cm³/mol. The van der Waals surface area contributed by atoms with Crippen LogP contribution in [0.2, 0.25) is 0 Å². The lowest BCUT2D eigenvalue weighted by Crippen LogP contribution is -2.22. The average Bonchev–Trinajstić information content (AvgIpc) is 3.51. The van der Waals surface area contributed by atoms with Crippen molar-refractivity contribution in [1.29, 1.82) is 0 Å². The van der Waals surface area contributed by atoms with E-state index in [1.807, 2.05) is 71.1 Å². The maximum atomic E-state index is 12.1. The molecule has 156 valence electrons. The average molecular weight is 405 g/mol. The van der Waals surface area contributed by atoms with Crippen molar-refractivity contribution in [1.82, 2.24) is 14.8 Å². The van der Waals surface area contributed by atoms with E-state index in [-0.39, 0.29) is 5.91 Å². The first kappa shape index (κ1) is 20.3. The van der Waals surface area contributed by atoms with Crippen molar-refractivity contribution in [3.05, 3.63) is 77.9 Å². The van der Waals surface area contributed by atoms with E-state index in [9.17, 15) is 4.79 Å². The van der Waals surface area contributed by atoms with E-state index in [4.69, 9.17) is 4.74 Å². The zero-order valence-electron chi connectivity index (χ0n) is 17.6. The van der Waals surface area contributed by atoms with Gasteiger partial charge in [-0.25, -0.2) is 0 Å². The number of rotatable bonds is 4. The van der Waals surface area contributed by atoms with Crippen molar-refractivity contribution < 1.29 is 9.53 Å². The van der Waals surface area contributed by atoms with Crippen LogP contribution >= 0.6 is 0 Å². The van der Waals surface area contributed by atoms with Crippen LogP contribution in [0.25, 0.3) is 0 Å². The molecular formula is C24H28N4O2. The van der Waals surface area contributed by atoms with Gasteiger partial charge in [0.05, 0.1) is 12.6 Å².